The molecule has 1 aliphatic rings. The van der Waals surface area contributed by atoms with Crippen molar-refractivity contribution in [2.45, 2.75) is 25.8 Å². The van der Waals surface area contributed by atoms with Gasteiger partial charge >= 0.3 is 0 Å². The minimum absolute atomic E-state index is 0.201. The second-order valence-electron chi connectivity index (χ2n) is 4.62. The Labute approximate surface area is 110 Å². The maximum absolute atomic E-state index is 13.8. The van der Waals surface area contributed by atoms with E-state index in [0.717, 1.165) is 25.9 Å². The van der Waals surface area contributed by atoms with Crippen molar-refractivity contribution in [1.82, 2.24) is 5.32 Å². The van der Waals surface area contributed by atoms with Crippen LogP contribution < -0.4 is 10.6 Å². The van der Waals surface area contributed by atoms with E-state index in [1.165, 1.54) is 0 Å². The summed E-state index contributed by atoms with van der Waals surface area (Å²) >= 11 is 3.21. The van der Waals surface area contributed by atoms with E-state index in [-0.39, 0.29) is 5.82 Å². The molecule has 0 aliphatic carbocycles. The van der Waals surface area contributed by atoms with Crippen LogP contribution in [0.3, 0.4) is 0 Å². The van der Waals surface area contributed by atoms with Crippen molar-refractivity contribution in [3.05, 3.63) is 28.5 Å². The third kappa shape index (κ3) is 3.19. The number of benzene rings is 1. The van der Waals surface area contributed by atoms with Gasteiger partial charge in [0, 0.05) is 6.04 Å². The van der Waals surface area contributed by atoms with Crippen LogP contribution in [0, 0.1) is 11.7 Å². The molecule has 1 fully saturated rings. The average molecular weight is 301 g/mol. The molecule has 1 heterocycles. The van der Waals surface area contributed by atoms with Gasteiger partial charge < -0.3 is 10.6 Å². The van der Waals surface area contributed by atoms with Crippen molar-refractivity contribution in [3.8, 4) is 0 Å². The molecule has 1 atom stereocenters. The van der Waals surface area contributed by atoms with E-state index in [9.17, 15) is 4.39 Å². The average Bonchev–Trinajstić information content (AvgIpc) is 2.36. The molecule has 1 aromatic carbocycles. The summed E-state index contributed by atoms with van der Waals surface area (Å²) in [7, 11) is 0. The van der Waals surface area contributed by atoms with Gasteiger partial charge in [0.15, 0.2) is 5.82 Å². The van der Waals surface area contributed by atoms with Crippen LogP contribution in [0.1, 0.15) is 19.8 Å². The highest BCUT2D eigenvalue weighted by Crippen LogP contribution is 2.25. The van der Waals surface area contributed by atoms with E-state index < -0.39 is 0 Å². The molecule has 1 unspecified atom stereocenters. The second kappa shape index (κ2) is 5.83. The van der Waals surface area contributed by atoms with E-state index in [0.29, 0.717) is 22.1 Å². The van der Waals surface area contributed by atoms with E-state index in [1.807, 2.05) is 6.07 Å². The van der Waals surface area contributed by atoms with Gasteiger partial charge in [0.25, 0.3) is 0 Å². The number of rotatable bonds is 3. The van der Waals surface area contributed by atoms with Gasteiger partial charge in [-0.05, 0) is 66.8 Å². The SMILES string of the molecule is CC(Nc1cccc(Br)c1F)C1CCNCC1. The molecule has 0 spiro atoms. The van der Waals surface area contributed by atoms with Crippen molar-refractivity contribution >= 4 is 21.6 Å². The Morgan fingerprint density at radius 3 is 2.82 bits per heavy atom. The van der Waals surface area contributed by atoms with Crippen LogP contribution in [-0.4, -0.2) is 19.1 Å². The predicted octanol–water partition coefficient (Wildman–Crippen LogP) is 3.39. The number of hydrogen-bond donors (Lipinski definition) is 2. The summed E-state index contributed by atoms with van der Waals surface area (Å²) in [6.45, 7) is 4.27. The van der Waals surface area contributed by atoms with E-state index in [2.05, 4.69) is 33.5 Å². The molecule has 0 radical (unpaired) electrons. The topological polar surface area (TPSA) is 24.1 Å². The number of piperidine rings is 1. The Bertz CT molecular complexity index is 378. The van der Waals surface area contributed by atoms with Crippen molar-refractivity contribution in [2.75, 3.05) is 18.4 Å². The van der Waals surface area contributed by atoms with Crippen LogP contribution in [0.25, 0.3) is 0 Å². The van der Waals surface area contributed by atoms with Crippen LogP contribution in [0.5, 0.6) is 0 Å². The highest BCUT2D eigenvalue weighted by Gasteiger charge is 2.20. The van der Waals surface area contributed by atoms with Gasteiger partial charge in [-0.2, -0.15) is 0 Å². The van der Waals surface area contributed by atoms with E-state index in [1.54, 1.807) is 12.1 Å². The first kappa shape index (κ1) is 12.8. The smallest absolute Gasteiger partial charge is 0.160 e. The van der Waals surface area contributed by atoms with Crippen molar-refractivity contribution < 1.29 is 4.39 Å². The minimum Gasteiger partial charge on any atom is -0.380 e. The Morgan fingerprint density at radius 1 is 1.41 bits per heavy atom. The lowest BCUT2D eigenvalue weighted by atomic mass is 9.91. The molecule has 2 rings (SSSR count). The summed E-state index contributed by atoms with van der Waals surface area (Å²) in [5, 5.41) is 6.63. The summed E-state index contributed by atoms with van der Waals surface area (Å²) < 4.78 is 14.3. The molecule has 2 nitrogen and oxygen atoms in total. The third-order valence-electron chi connectivity index (χ3n) is 3.43. The Morgan fingerprint density at radius 2 is 2.12 bits per heavy atom. The highest BCUT2D eigenvalue weighted by molar-refractivity contribution is 9.10. The highest BCUT2D eigenvalue weighted by atomic mass is 79.9. The lowest BCUT2D eigenvalue weighted by Crippen LogP contribution is -2.36. The number of anilines is 1. The maximum atomic E-state index is 13.8. The number of hydrogen-bond acceptors (Lipinski definition) is 2. The Balaban J connectivity index is 2.01. The van der Waals surface area contributed by atoms with Gasteiger partial charge in [0.05, 0.1) is 10.2 Å². The quantitative estimate of drug-likeness (QED) is 0.894. The van der Waals surface area contributed by atoms with Gasteiger partial charge in [-0.3, -0.25) is 0 Å². The van der Waals surface area contributed by atoms with Crippen molar-refractivity contribution in [1.29, 1.82) is 0 Å². The summed E-state index contributed by atoms with van der Waals surface area (Å²) in [5.41, 5.74) is 0.588. The summed E-state index contributed by atoms with van der Waals surface area (Å²) in [5.74, 6) is 0.419. The standard InChI is InChI=1S/C13H18BrFN2/c1-9(10-5-7-16-8-6-10)17-12-4-2-3-11(14)13(12)15/h2-4,9-10,16-17H,5-8H2,1H3. The molecule has 4 heteroatoms. The first-order chi connectivity index (χ1) is 8.18. The molecule has 1 saturated heterocycles. The molecule has 0 amide bonds. The fourth-order valence-corrected chi connectivity index (χ4v) is 2.69. The second-order valence-corrected chi connectivity index (χ2v) is 5.48. The predicted molar refractivity (Wildman–Crippen MR) is 72.8 cm³/mol. The third-order valence-corrected chi connectivity index (χ3v) is 4.04. The minimum atomic E-state index is -0.201. The first-order valence-electron chi connectivity index (χ1n) is 6.09. The lowest BCUT2D eigenvalue weighted by Gasteiger charge is -2.29. The maximum Gasteiger partial charge on any atom is 0.160 e. The van der Waals surface area contributed by atoms with Crippen molar-refractivity contribution in [2.24, 2.45) is 5.92 Å². The first-order valence-corrected chi connectivity index (χ1v) is 6.89. The molecule has 1 aromatic rings. The summed E-state index contributed by atoms with van der Waals surface area (Å²) in [6.07, 6.45) is 2.31. The lowest BCUT2D eigenvalue weighted by molar-refractivity contribution is 0.342. The number of nitrogens with one attached hydrogen (secondary N) is 2. The zero-order valence-corrected chi connectivity index (χ0v) is 11.6. The Hall–Kier alpha value is -0.610. The van der Waals surface area contributed by atoms with Crippen LogP contribution in [0.15, 0.2) is 22.7 Å². The van der Waals surface area contributed by atoms with Crippen LogP contribution in [-0.2, 0) is 0 Å². The molecular weight excluding hydrogens is 283 g/mol. The zero-order chi connectivity index (χ0) is 12.3. The van der Waals surface area contributed by atoms with Gasteiger partial charge in [-0.15, -0.1) is 0 Å². The summed E-state index contributed by atoms with van der Waals surface area (Å²) in [4.78, 5) is 0. The van der Waals surface area contributed by atoms with E-state index in [4.69, 9.17) is 0 Å². The molecule has 2 N–H and O–H groups in total. The van der Waals surface area contributed by atoms with Gasteiger partial charge in [0.1, 0.15) is 0 Å². The number of halogens is 2. The van der Waals surface area contributed by atoms with E-state index >= 15 is 0 Å². The zero-order valence-electron chi connectivity index (χ0n) is 9.97. The van der Waals surface area contributed by atoms with Crippen molar-refractivity contribution in [3.63, 3.8) is 0 Å². The monoisotopic (exact) mass is 300 g/mol. The molecule has 0 aromatic heterocycles. The molecule has 17 heavy (non-hydrogen) atoms. The largest absolute Gasteiger partial charge is 0.380 e. The fourth-order valence-electron chi connectivity index (χ4n) is 2.32. The van der Waals surface area contributed by atoms with Gasteiger partial charge in [0.2, 0.25) is 0 Å². The fraction of sp³-hybridized carbons (Fsp3) is 0.538. The van der Waals surface area contributed by atoms with Crippen LogP contribution in [0.4, 0.5) is 10.1 Å². The molecule has 94 valence electrons. The normalized spacial score (nSPS) is 19.0. The molecule has 0 saturated carbocycles. The van der Waals surface area contributed by atoms with Crippen LogP contribution >= 0.6 is 15.9 Å². The van der Waals surface area contributed by atoms with Crippen LogP contribution in [0.2, 0.25) is 0 Å². The molecule has 0 bridgehead atoms. The van der Waals surface area contributed by atoms with Gasteiger partial charge in [-0.25, -0.2) is 4.39 Å². The Kier molecular flexibility index (Phi) is 4.40. The molecular formula is C13H18BrFN2. The summed E-state index contributed by atoms with van der Waals surface area (Å²) in [6, 6.07) is 5.67. The molecule has 1 aliphatic heterocycles. The van der Waals surface area contributed by atoms with Gasteiger partial charge in [-0.1, -0.05) is 6.07 Å².